The topological polar surface area (TPSA) is 67.2 Å². The maximum absolute atomic E-state index is 12.0. The fraction of sp³-hybridized carbons (Fsp3) is 0.714. The Morgan fingerprint density at radius 3 is 2.55 bits per heavy atom. The first-order valence-electron chi connectivity index (χ1n) is 6.81. The minimum atomic E-state index is -0.501. The van der Waals surface area contributed by atoms with Crippen LogP contribution in [0.15, 0.2) is 11.0 Å². The standard InChI is InChI=1S/C14H24ClN3O2/c1-9(2)18-13(20)12(15)11(8-17-18)16-7-10(19)6-14(3,4)5/h8-10,16,19H,6-7H2,1-5H3. The average Bonchev–Trinajstić information content (AvgIpc) is 2.28. The van der Waals surface area contributed by atoms with E-state index in [1.165, 1.54) is 10.9 Å². The van der Waals surface area contributed by atoms with Gasteiger partial charge in [-0.25, -0.2) is 4.68 Å². The maximum Gasteiger partial charge on any atom is 0.287 e. The van der Waals surface area contributed by atoms with Crippen LogP contribution in [-0.4, -0.2) is 27.5 Å². The molecule has 1 aromatic rings. The molecule has 114 valence electrons. The molecule has 0 aliphatic carbocycles. The molecular formula is C14H24ClN3O2. The van der Waals surface area contributed by atoms with Crippen LogP contribution in [0.1, 0.15) is 47.1 Å². The van der Waals surface area contributed by atoms with E-state index in [0.29, 0.717) is 18.7 Å². The number of aliphatic hydroxyl groups is 1. The number of aliphatic hydroxyl groups excluding tert-OH is 1. The molecule has 0 saturated heterocycles. The lowest BCUT2D eigenvalue weighted by Gasteiger charge is -2.23. The van der Waals surface area contributed by atoms with Crippen LogP contribution in [0.4, 0.5) is 5.69 Å². The summed E-state index contributed by atoms with van der Waals surface area (Å²) in [6.07, 6.45) is 1.68. The van der Waals surface area contributed by atoms with E-state index >= 15 is 0 Å². The summed E-state index contributed by atoms with van der Waals surface area (Å²) in [6, 6.07) is -0.0412. The van der Waals surface area contributed by atoms with E-state index in [-0.39, 0.29) is 22.0 Å². The fourth-order valence-electron chi connectivity index (χ4n) is 1.94. The van der Waals surface area contributed by atoms with Gasteiger partial charge in [-0.2, -0.15) is 5.10 Å². The summed E-state index contributed by atoms with van der Waals surface area (Å²) in [4.78, 5) is 12.0. The zero-order valence-electron chi connectivity index (χ0n) is 12.8. The Bertz CT molecular complexity index is 506. The van der Waals surface area contributed by atoms with Crippen molar-refractivity contribution in [1.82, 2.24) is 9.78 Å². The van der Waals surface area contributed by atoms with Crippen LogP contribution in [0, 0.1) is 5.41 Å². The first-order valence-corrected chi connectivity index (χ1v) is 7.19. The Labute approximate surface area is 125 Å². The summed E-state index contributed by atoms with van der Waals surface area (Å²) in [5.74, 6) is 0. The van der Waals surface area contributed by atoms with Crippen molar-refractivity contribution in [3.63, 3.8) is 0 Å². The van der Waals surface area contributed by atoms with Crippen LogP contribution in [-0.2, 0) is 0 Å². The molecule has 1 rings (SSSR count). The molecule has 1 atom stereocenters. The molecule has 5 nitrogen and oxygen atoms in total. The number of rotatable bonds is 5. The lowest BCUT2D eigenvalue weighted by molar-refractivity contribution is 0.132. The summed E-state index contributed by atoms with van der Waals surface area (Å²) in [5, 5.41) is 17.1. The van der Waals surface area contributed by atoms with E-state index in [1.54, 1.807) is 0 Å². The van der Waals surface area contributed by atoms with Crippen molar-refractivity contribution in [1.29, 1.82) is 0 Å². The molecule has 1 unspecified atom stereocenters. The van der Waals surface area contributed by atoms with Crippen LogP contribution >= 0.6 is 11.6 Å². The molecular weight excluding hydrogens is 278 g/mol. The van der Waals surface area contributed by atoms with Crippen LogP contribution in [0.2, 0.25) is 5.02 Å². The van der Waals surface area contributed by atoms with E-state index in [2.05, 4.69) is 31.2 Å². The Balaban J connectivity index is 2.75. The number of hydrogen-bond acceptors (Lipinski definition) is 4. The molecule has 0 radical (unpaired) electrons. The molecule has 0 amide bonds. The van der Waals surface area contributed by atoms with Crippen LogP contribution in [0.25, 0.3) is 0 Å². The molecule has 0 aliphatic heterocycles. The summed E-state index contributed by atoms with van der Waals surface area (Å²) in [6.45, 7) is 10.3. The first kappa shape index (κ1) is 17.0. The summed E-state index contributed by atoms with van der Waals surface area (Å²) in [7, 11) is 0. The highest BCUT2D eigenvalue weighted by molar-refractivity contribution is 6.32. The van der Waals surface area contributed by atoms with Gasteiger partial charge in [0, 0.05) is 6.54 Å². The van der Waals surface area contributed by atoms with Gasteiger partial charge in [0.25, 0.3) is 5.56 Å². The van der Waals surface area contributed by atoms with Crippen molar-refractivity contribution in [2.45, 2.75) is 53.2 Å². The second-order valence-corrected chi connectivity index (χ2v) is 6.89. The molecule has 2 N–H and O–H groups in total. The summed E-state index contributed by atoms with van der Waals surface area (Å²) < 4.78 is 1.33. The zero-order valence-corrected chi connectivity index (χ0v) is 13.5. The molecule has 1 heterocycles. The highest BCUT2D eigenvalue weighted by Gasteiger charge is 2.17. The summed E-state index contributed by atoms with van der Waals surface area (Å²) >= 11 is 6.04. The van der Waals surface area contributed by atoms with Gasteiger partial charge in [-0.05, 0) is 25.7 Å². The van der Waals surface area contributed by atoms with Crippen molar-refractivity contribution in [3.8, 4) is 0 Å². The van der Waals surface area contributed by atoms with Gasteiger partial charge in [0.05, 0.1) is 24.0 Å². The van der Waals surface area contributed by atoms with E-state index in [1.807, 2.05) is 13.8 Å². The number of hydrogen-bond donors (Lipinski definition) is 2. The average molecular weight is 302 g/mol. The van der Waals surface area contributed by atoms with Crippen molar-refractivity contribution in [2.75, 3.05) is 11.9 Å². The lowest BCUT2D eigenvalue weighted by Crippen LogP contribution is -2.28. The Morgan fingerprint density at radius 1 is 1.45 bits per heavy atom. The van der Waals surface area contributed by atoms with Gasteiger partial charge >= 0.3 is 0 Å². The van der Waals surface area contributed by atoms with Gasteiger partial charge < -0.3 is 10.4 Å². The predicted molar refractivity (Wildman–Crippen MR) is 82.5 cm³/mol. The van der Waals surface area contributed by atoms with E-state index < -0.39 is 6.10 Å². The van der Waals surface area contributed by atoms with Gasteiger partial charge in [0.15, 0.2) is 0 Å². The highest BCUT2D eigenvalue weighted by atomic mass is 35.5. The van der Waals surface area contributed by atoms with Crippen LogP contribution in [0.5, 0.6) is 0 Å². The minimum Gasteiger partial charge on any atom is -0.391 e. The fourth-order valence-corrected chi connectivity index (χ4v) is 2.14. The third-order valence-corrected chi connectivity index (χ3v) is 3.17. The Morgan fingerprint density at radius 2 is 2.05 bits per heavy atom. The van der Waals surface area contributed by atoms with Crippen LogP contribution < -0.4 is 10.9 Å². The monoisotopic (exact) mass is 301 g/mol. The molecule has 0 spiro atoms. The van der Waals surface area contributed by atoms with Crippen molar-refractivity contribution < 1.29 is 5.11 Å². The molecule has 0 saturated carbocycles. The minimum absolute atomic E-state index is 0.0412. The lowest BCUT2D eigenvalue weighted by atomic mass is 9.89. The van der Waals surface area contributed by atoms with Crippen molar-refractivity contribution >= 4 is 17.3 Å². The van der Waals surface area contributed by atoms with E-state index in [4.69, 9.17) is 11.6 Å². The smallest absolute Gasteiger partial charge is 0.287 e. The third-order valence-electron chi connectivity index (χ3n) is 2.81. The molecule has 20 heavy (non-hydrogen) atoms. The quantitative estimate of drug-likeness (QED) is 0.877. The largest absolute Gasteiger partial charge is 0.391 e. The second kappa shape index (κ2) is 6.59. The maximum atomic E-state index is 12.0. The van der Waals surface area contributed by atoms with Gasteiger partial charge in [0.1, 0.15) is 5.02 Å². The molecule has 0 fully saturated rings. The zero-order chi connectivity index (χ0) is 15.5. The molecule has 6 heteroatoms. The number of aromatic nitrogens is 2. The predicted octanol–water partition coefficient (Wildman–Crippen LogP) is 2.69. The Kier molecular flexibility index (Phi) is 5.59. The Hall–Kier alpha value is -1.07. The highest BCUT2D eigenvalue weighted by Crippen LogP contribution is 2.22. The van der Waals surface area contributed by atoms with Crippen molar-refractivity contribution in [3.05, 3.63) is 21.6 Å². The van der Waals surface area contributed by atoms with Gasteiger partial charge in [-0.15, -0.1) is 0 Å². The molecule has 1 aromatic heterocycles. The van der Waals surface area contributed by atoms with E-state index in [9.17, 15) is 9.90 Å². The first-order chi connectivity index (χ1) is 9.11. The number of halogens is 1. The van der Waals surface area contributed by atoms with Gasteiger partial charge in [-0.3, -0.25) is 4.79 Å². The molecule has 0 bridgehead atoms. The normalized spacial score (nSPS) is 13.6. The third kappa shape index (κ3) is 4.80. The second-order valence-electron chi connectivity index (χ2n) is 6.52. The molecule has 0 aliphatic rings. The van der Waals surface area contributed by atoms with Crippen molar-refractivity contribution in [2.24, 2.45) is 5.41 Å². The SMILES string of the molecule is CC(C)n1ncc(NCC(O)CC(C)(C)C)c(Cl)c1=O. The van der Waals surface area contributed by atoms with E-state index in [0.717, 1.165) is 0 Å². The molecule has 0 aromatic carbocycles. The van der Waals surface area contributed by atoms with Gasteiger partial charge in [-0.1, -0.05) is 32.4 Å². The number of nitrogens with one attached hydrogen (secondary N) is 1. The summed E-state index contributed by atoms with van der Waals surface area (Å²) in [5.41, 5.74) is 0.183. The van der Waals surface area contributed by atoms with Gasteiger partial charge in [0.2, 0.25) is 0 Å². The number of nitrogens with zero attached hydrogens (tertiary/aromatic N) is 2. The number of anilines is 1. The van der Waals surface area contributed by atoms with Crippen LogP contribution in [0.3, 0.4) is 0 Å².